The van der Waals surface area contributed by atoms with E-state index in [4.69, 9.17) is 0 Å². The van der Waals surface area contributed by atoms with Crippen LogP contribution in [0.2, 0.25) is 0 Å². The normalized spacial score (nSPS) is 10.6. The van der Waals surface area contributed by atoms with Gasteiger partial charge in [-0.05, 0) is 43.7 Å². The minimum absolute atomic E-state index is 0.352. The molecule has 7 heteroatoms. The van der Waals surface area contributed by atoms with Gasteiger partial charge in [0.2, 0.25) is 0 Å². The number of nitrogens with zero attached hydrogens (tertiary/aromatic N) is 2. The quantitative estimate of drug-likeness (QED) is 0.458. The number of hydrogen-bond acceptors (Lipinski definition) is 3. The molecule has 2 heterocycles. The molecule has 0 saturated heterocycles. The minimum Gasteiger partial charge on any atom is -0.357 e. The summed E-state index contributed by atoms with van der Waals surface area (Å²) in [5, 5.41) is 4.68. The van der Waals surface area contributed by atoms with Crippen molar-refractivity contribution in [3.63, 3.8) is 0 Å². The summed E-state index contributed by atoms with van der Waals surface area (Å²) < 4.78 is 1.66. The molecule has 0 bridgehead atoms. The maximum atomic E-state index is 12.9. The smallest absolute Gasteiger partial charge is 0.286 e. The SMILES string of the molecule is Cc1ccc(-c2nn(-c3ccccc3)cc2C(=O)NNC(=O)c2ccc[nH]2)c(C)c1. The molecular weight excluding hydrogens is 378 g/mol. The van der Waals surface area contributed by atoms with Crippen LogP contribution in [0.25, 0.3) is 16.9 Å². The van der Waals surface area contributed by atoms with Crippen molar-refractivity contribution in [2.75, 3.05) is 0 Å². The van der Waals surface area contributed by atoms with Gasteiger partial charge in [0.25, 0.3) is 11.8 Å². The summed E-state index contributed by atoms with van der Waals surface area (Å²) in [6.07, 6.45) is 3.30. The van der Waals surface area contributed by atoms with E-state index in [0.29, 0.717) is 17.0 Å². The molecule has 0 radical (unpaired) electrons. The fourth-order valence-electron chi connectivity index (χ4n) is 3.25. The molecular formula is C23H21N5O2. The van der Waals surface area contributed by atoms with E-state index in [1.165, 1.54) is 0 Å². The van der Waals surface area contributed by atoms with Crippen LogP contribution in [0.15, 0.2) is 73.1 Å². The Hall–Kier alpha value is -4.13. The van der Waals surface area contributed by atoms with Crippen molar-refractivity contribution in [3.8, 4) is 16.9 Å². The Kier molecular flexibility index (Phi) is 5.17. The van der Waals surface area contributed by atoms with Gasteiger partial charge in [0, 0.05) is 18.0 Å². The van der Waals surface area contributed by atoms with Gasteiger partial charge in [0.15, 0.2) is 0 Å². The summed E-state index contributed by atoms with van der Waals surface area (Å²) in [5.41, 5.74) is 9.99. The number of benzene rings is 2. The molecule has 0 spiro atoms. The molecule has 0 aliphatic rings. The summed E-state index contributed by atoms with van der Waals surface area (Å²) >= 11 is 0. The molecule has 2 aromatic carbocycles. The number of amides is 2. The molecule has 0 atom stereocenters. The fraction of sp³-hybridized carbons (Fsp3) is 0.0870. The van der Waals surface area contributed by atoms with Gasteiger partial charge in [-0.3, -0.25) is 20.4 Å². The Morgan fingerprint density at radius 1 is 0.933 bits per heavy atom. The Bertz CT molecular complexity index is 1190. The van der Waals surface area contributed by atoms with Crippen LogP contribution in [0.3, 0.4) is 0 Å². The minimum atomic E-state index is -0.452. The third-order valence-electron chi connectivity index (χ3n) is 4.75. The second-order valence-corrected chi connectivity index (χ2v) is 6.98. The first-order chi connectivity index (χ1) is 14.5. The van der Waals surface area contributed by atoms with Crippen molar-refractivity contribution >= 4 is 11.8 Å². The second-order valence-electron chi connectivity index (χ2n) is 6.98. The van der Waals surface area contributed by atoms with E-state index in [1.807, 2.05) is 62.4 Å². The van der Waals surface area contributed by atoms with Crippen LogP contribution in [-0.2, 0) is 0 Å². The number of nitrogens with one attached hydrogen (secondary N) is 3. The van der Waals surface area contributed by atoms with Gasteiger partial charge < -0.3 is 4.98 Å². The summed E-state index contributed by atoms with van der Waals surface area (Å²) in [7, 11) is 0. The number of hydrogen-bond donors (Lipinski definition) is 3. The zero-order valence-electron chi connectivity index (χ0n) is 16.6. The molecule has 0 saturated carbocycles. The van der Waals surface area contributed by atoms with Crippen molar-refractivity contribution in [2.24, 2.45) is 0 Å². The standard InChI is InChI=1S/C23H21N5O2/c1-15-10-11-18(16(2)13-15)21-19(14-28(27-21)17-7-4-3-5-8-17)22(29)25-26-23(30)20-9-6-12-24-20/h3-14,24H,1-2H3,(H,25,29)(H,26,30). The number of H-pyrrole nitrogens is 1. The number of carbonyl (C=O) groups is 2. The Morgan fingerprint density at radius 2 is 1.70 bits per heavy atom. The first kappa shape index (κ1) is 19.2. The lowest BCUT2D eigenvalue weighted by molar-refractivity contribution is 0.0844. The Balaban J connectivity index is 1.69. The first-order valence-corrected chi connectivity index (χ1v) is 9.50. The second kappa shape index (κ2) is 8.08. The topological polar surface area (TPSA) is 91.8 Å². The highest BCUT2D eigenvalue weighted by Gasteiger charge is 2.20. The molecule has 150 valence electrons. The highest BCUT2D eigenvalue weighted by molar-refractivity contribution is 6.02. The van der Waals surface area contributed by atoms with Crippen LogP contribution in [-0.4, -0.2) is 26.6 Å². The average Bonchev–Trinajstić information content (AvgIpc) is 3.43. The fourth-order valence-corrected chi connectivity index (χ4v) is 3.25. The molecule has 2 amide bonds. The Labute approximate surface area is 173 Å². The van der Waals surface area contributed by atoms with Crippen molar-refractivity contribution in [1.29, 1.82) is 0 Å². The number of hydrazine groups is 1. The van der Waals surface area contributed by atoms with Crippen LogP contribution in [0.4, 0.5) is 0 Å². The van der Waals surface area contributed by atoms with Crippen LogP contribution >= 0.6 is 0 Å². The zero-order chi connectivity index (χ0) is 21.1. The lowest BCUT2D eigenvalue weighted by Crippen LogP contribution is -2.41. The van der Waals surface area contributed by atoms with E-state index in [9.17, 15) is 9.59 Å². The molecule has 4 aromatic rings. The molecule has 0 aliphatic carbocycles. The summed E-state index contributed by atoms with van der Waals surface area (Å²) in [6, 6.07) is 18.9. The lowest BCUT2D eigenvalue weighted by Gasteiger charge is -2.08. The molecule has 0 fully saturated rings. The van der Waals surface area contributed by atoms with Crippen molar-refractivity contribution in [3.05, 3.63) is 95.4 Å². The number of aromatic nitrogens is 3. The molecule has 7 nitrogen and oxygen atoms in total. The van der Waals surface area contributed by atoms with Gasteiger partial charge in [-0.25, -0.2) is 4.68 Å². The molecule has 3 N–H and O–H groups in total. The van der Waals surface area contributed by atoms with E-state index in [2.05, 4.69) is 20.9 Å². The maximum Gasteiger partial charge on any atom is 0.286 e. The highest BCUT2D eigenvalue weighted by Crippen LogP contribution is 2.27. The molecule has 30 heavy (non-hydrogen) atoms. The van der Waals surface area contributed by atoms with Crippen LogP contribution in [0.1, 0.15) is 32.0 Å². The third-order valence-corrected chi connectivity index (χ3v) is 4.75. The van der Waals surface area contributed by atoms with E-state index >= 15 is 0 Å². The largest absolute Gasteiger partial charge is 0.357 e. The summed E-state index contributed by atoms with van der Waals surface area (Å²) in [6.45, 7) is 4.00. The van der Waals surface area contributed by atoms with Gasteiger partial charge in [0.1, 0.15) is 11.4 Å². The van der Waals surface area contributed by atoms with Crippen molar-refractivity contribution in [1.82, 2.24) is 25.6 Å². The van der Waals surface area contributed by atoms with Gasteiger partial charge in [0.05, 0.1) is 11.3 Å². The van der Waals surface area contributed by atoms with E-state index < -0.39 is 11.8 Å². The Morgan fingerprint density at radius 3 is 2.40 bits per heavy atom. The van der Waals surface area contributed by atoms with Crippen molar-refractivity contribution in [2.45, 2.75) is 13.8 Å². The number of carbonyl (C=O) groups excluding carboxylic acids is 2. The number of para-hydroxylation sites is 1. The third kappa shape index (κ3) is 3.86. The predicted molar refractivity (Wildman–Crippen MR) is 114 cm³/mol. The van der Waals surface area contributed by atoms with Gasteiger partial charge in [-0.1, -0.05) is 42.0 Å². The highest BCUT2D eigenvalue weighted by atomic mass is 16.2. The molecule has 2 aromatic heterocycles. The first-order valence-electron chi connectivity index (χ1n) is 9.50. The summed E-state index contributed by atoms with van der Waals surface area (Å²) in [4.78, 5) is 27.9. The maximum absolute atomic E-state index is 12.9. The average molecular weight is 399 g/mol. The van der Waals surface area contributed by atoms with Gasteiger partial charge in [-0.15, -0.1) is 0 Å². The van der Waals surface area contributed by atoms with E-state index in [0.717, 1.165) is 22.4 Å². The molecule has 0 aliphatic heterocycles. The van der Waals surface area contributed by atoms with Gasteiger partial charge in [-0.2, -0.15) is 5.10 Å². The molecule has 4 rings (SSSR count). The monoisotopic (exact) mass is 399 g/mol. The van der Waals surface area contributed by atoms with Gasteiger partial charge >= 0.3 is 0 Å². The van der Waals surface area contributed by atoms with Crippen LogP contribution in [0, 0.1) is 13.8 Å². The van der Waals surface area contributed by atoms with Crippen molar-refractivity contribution < 1.29 is 9.59 Å². The predicted octanol–water partition coefficient (Wildman–Crippen LogP) is 3.56. The number of aromatic amines is 1. The van der Waals surface area contributed by atoms with Crippen LogP contribution in [0.5, 0.6) is 0 Å². The van der Waals surface area contributed by atoms with E-state index in [1.54, 1.807) is 29.2 Å². The lowest BCUT2D eigenvalue weighted by atomic mass is 10.0. The number of rotatable bonds is 4. The zero-order valence-corrected chi connectivity index (χ0v) is 16.6. The van der Waals surface area contributed by atoms with Crippen LogP contribution < -0.4 is 10.9 Å². The van der Waals surface area contributed by atoms with E-state index in [-0.39, 0.29) is 0 Å². The molecule has 0 unspecified atom stereocenters. The summed E-state index contributed by atoms with van der Waals surface area (Å²) in [5.74, 6) is -0.885. The number of aryl methyl sites for hydroxylation is 2.